The zero-order chi connectivity index (χ0) is 28.1. The first-order valence-corrected chi connectivity index (χ1v) is 12.1. The normalized spacial score (nSPS) is 10.7. The molecule has 39 heavy (non-hydrogen) atoms. The number of fused-ring (bicyclic) bond motifs is 1. The van der Waals surface area contributed by atoms with Crippen LogP contribution in [0.4, 0.5) is 0 Å². The second-order valence-corrected chi connectivity index (χ2v) is 8.71. The number of rotatable bonds is 10. The predicted octanol–water partition coefficient (Wildman–Crippen LogP) is 3.91. The van der Waals surface area contributed by atoms with E-state index in [0.717, 1.165) is 22.2 Å². The topological polar surface area (TPSA) is 98.3 Å². The van der Waals surface area contributed by atoms with Crippen LogP contribution < -0.4 is 33.0 Å². The van der Waals surface area contributed by atoms with Crippen molar-refractivity contribution in [3.05, 3.63) is 66.0 Å². The molecule has 0 radical (unpaired) electrons. The number of carbonyl (C=O) groups excluding carboxylic acids is 2. The van der Waals surface area contributed by atoms with E-state index >= 15 is 0 Å². The Bertz CT molecular complexity index is 1360. The van der Waals surface area contributed by atoms with Crippen LogP contribution in [0.25, 0.3) is 11.0 Å². The van der Waals surface area contributed by atoms with E-state index in [1.807, 2.05) is 54.9 Å². The smallest absolute Gasteiger partial charge is 0.308 e. The quantitative estimate of drug-likeness (QED) is 0.171. The molecule has 0 aliphatic carbocycles. The van der Waals surface area contributed by atoms with Crippen molar-refractivity contribution in [3.63, 3.8) is 0 Å². The van der Waals surface area contributed by atoms with Gasteiger partial charge < -0.3 is 28.4 Å². The fraction of sp³-hybridized carbons (Fsp3) is 0.276. The van der Waals surface area contributed by atoms with Crippen molar-refractivity contribution in [2.75, 3.05) is 28.4 Å². The van der Waals surface area contributed by atoms with Gasteiger partial charge in [-0.25, -0.2) is 9.13 Å². The molecule has 0 bridgehead atoms. The number of hydrogen-bond acceptors (Lipinski definition) is 8. The van der Waals surface area contributed by atoms with Gasteiger partial charge in [0.25, 0.3) is 0 Å². The van der Waals surface area contributed by atoms with Gasteiger partial charge in [0.05, 0.1) is 28.4 Å². The SMILES string of the molecule is COc1cc(Cn2c[n+](Cc3cc(OC)c(OC(C)=O)c(OC)c3)c3ccccc32)cc(OC)c1OC(C)=O. The van der Waals surface area contributed by atoms with Crippen LogP contribution in [0.3, 0.4) is 0 Å². The van der Waals surface area contributed by atoms with Crippen molar-refractivity contribution >= 4 is 23.0 Å². The lowest BCUT2D eigenvalue weighted by Gasteiger charge is -2.14. The second-order valence-electron chi connectivity index (χ2n) is 8.71. The van der Waals surface area contributed by atoms with E-state index in [1.165, 1.54) is 42.3 Å². The first kappa shape index (κ1) is 27.3. The van der Waals surface area contributed by atoms with Gasteiger partial charge in [-0.15, -0.1) is 0 Å². The molecule has 4 aromatic rings. The van der Waals surface area contributed by atoms with Crippen molar-refractivity contribution in [3.8, 4) is 34.5 Å². The third-order valence-electron chi connectivity index (χ3n) is 6.02. The Morgan fingerprint density at radius 1 is 0.718 bits per heavy atom. The lowest BCUT2D eigenvalue weighted by Crippen LogP contribution is -2.32. The van der Waals surface area contributed by atoms with Gasteiger partial charge in [-0.05, 0) is 36.4 Å². The molecule has 0 saturated carbocycles. The highest BCUT2D eigenvalue weighted by atomic mass is 16.6. The van der Waals surface area contributed by atoms with E-state index in [9.17, 15) is 9.59 Å². The minimum Gasteiger partial charge on any atom is -0.493 e. The second kappa shape index (κ2) is 11.8. The van der Waals surface area contributed by atoms with E-state index in [4.69, 9.17) is 28.4 Å². The summed E-state index contributed by atoms with van der Waals surface area (Å²) in [5.41, 5.74) is 3.80. The third kappa shape index (κ3) is 5.90. The van der Waals surface area contributed by atoms with E-state index < -0.39 is 11.9 Å². The fourth-order valence-electron chi connectivity index (χ4n) is 4.43. The number of ether oxygens (including phenoxy) is 6. The number of aromatic nitrogens is 2. The summed E-state index contributed by atoms with van der Waals surface area (Å²) in [4.78, 5) is 23.2. The number of esters is 2. The van der Waals surface area contributed by atoms with Gasteiger partial charge in [0.1, 0.15) is 13.1 Å². The number of methoxy groups -OCH3 is 4. The van der Waals surface area contributed by atoms with Gasteiger partial charge in [-0.3, -0.25) is 9.59 Å². The van der Waals surface area contributed by atoms with Gasteiger partial charge in [-0.2, -0.15) is 0 Å². The van der Waals surface area contributed by atoms with Crippen molar-refractivity contribution in [1.29, 1.82) is 0 Å². The minimum atomic E-state index is -0.467. The summed E-state index contributed by atoms with van der Waals surface area (Å²) < 4.78 is 36.8. The number of para-hydroxylation sites is 2. The Morgan fingerprint density at radius 2 is 1.18 bits per heavy atom. The molecular weight excluding hydrogens is 504 g/mol. The largest absolute Gasteiger partial charge is 0.493 e. The van der Waals surface area contributed by atoms with Gasteiger partial charge in [-0.1, -0.05) is 12.1 Å². The molecule has 0 fully saturated rings. The maximum atomic E-state index is 11.6. The zero-order valence-electron chi connectivity index (χ0n) is 22.8. The summed E-state index contributed by atoms with van der Waals surface area (Å²) in [6, 6.07) is 15.3. The average Bonchev–Trinajstić information content (AvgIpc) is 3.25. The third-order valence-corrected chi connectivity index (χ3v) is 6.02. The molecule has 10 heteroatoms. The monoisotopic (exact) mass is 535 g/mol. The number of benzene rings is 3. The fourth-order valence-corrected chi connectivity index (χ4v) is 4.43. The van der Waals surface area contributed by atoms with Crippen molar-refractivity contribution in [1.82, 2.24) is 4.57 Å². The molecule has 0 atom stereocenters. The predicted molar refractivity (Wildman–Crippen MR) is 142 cm³/mol. The van der Waals surface area contributed by atoms with Crippen LogP contribution in [0.5, 0.6) is 34.5 Å². The van der Waals surface area contributed by atoms with Crippen LogP contribution in [-0.4, -0.2) is 44.9 Å². The Kier molecular flexibility index (Phi) is 8.24. The van der Waals surface area contributed by atoms with Crippen LogP contribution in [-0.2, 0) is 22.7 Å². The summed E-state index contributed by atoms with van der Waals surface area (Å²) in [5, 5.41) is 0. The maximum Gasteiger partial charge on any atom is 0.308 e. The molecule has 10 nitrogen and oxygen atoms in total. The molecule has 0 N–H and O–H groups in total. The van der Waals surface area contributed by atoms with Crippen LogP contribution in [0.2, 0.25) is 0 Å². The van der Waals surface area contributed by atoms with Gasteiger partial charge in [0.2, 0.25) is 17.8 Å². The molecule has 0 saturated heterocycles. The molecule has 0 aliphatic heterocycles. The number of nitrogens with zero attached hydrogens (tertiary/aromatic N) is 2. The molecule has 1 aromatic heterocycles. The van der Waals surface area contributed by atoms with Gasteiger partial charge in [0, 0.05) is 25.0 Å². The standard InChI is InChI=1S/C29H31N2O8/c1-18(32)38-28-24(34-3)11-20(12-25(28)35-4)15-30-17-31(23-10-8-7-9-22(23)30)16-21-13-26(36-5)29(39-19(2)33)27(14-21)37-6/h7-14,17H,15-16H2,1-6H3/q+1. The van der Waals surface area contributed by atoms with Gasteiger partial charge >= 0.3 is 11.9 Å². The van der Waals surface area contributed by atoms with Crippen LogP contribution in [0, 0.1) is 0 Å². The van der Waals surface area contributed by atoms with Crippen LogP contribution in [0.15, 0.2) is 54.9 Å². The molecule has 204 valence electrons. The summed E-state index contributed by atoms with van der Waals surface area (Å²) in [6.07, 6.45) is 2.02. The highest BCUT2D eigenvalue weighted by molar-refractivity contribution is 5.74. The molecule has 3 aromatic carbocycles. The van der Waals surface area contributed by atoms with E-state index in [0.29, 0.717) is 36.1 Å². The first-order chi connectivity index (χ1) is 18.8. The van der Waals surface area contributed by atoms with E-state index in [-0.39, 0.29) is 11.5 Å². The Labute approximate surface area is 226 Å². The lowest BCUT2D eigenvalue weighted by atomic mass is 10.1. The Balaban J connectivity index is 1.73. The lowest BCUT2D eigenvalue weighted by molar-refractivity contribution is -0.663. The highest BCUT2D eigenvalue weighted by Gasteiger charge is 2.22. The first-order valence-electron chi connectivity index (χ1n) is 12.1. The Morgan fingerprint density at radius 3 is 1.64 bits per heavy atom. The maximum absolute atomic E-state index is 11.6. The van der Waals surface area contributed by atoms with Crippen molar-refractivity contribution < 1.29 is 42.6 Å². The molecular formula is C29H31N2O8+. The summed E-state index contributed by atoms with van der Waals surface area (Å²) in [5.74, 6) is 1.14. The number of carbonyl (C=O) groups is 2. The molecule has 0 unspecified atom stereocenters. The average molecular weight is 536 g/mol. The summed E-state index contributed by atoms with van der Waals surface area (Å²) in [6.45, 7) is 3.65. The zero-order valence-corrected chi connectivity index (χ0v) is 22.8. The molecule has 0 amide bonds. The number of hydrogen-bond donors (Lipinski definition) is 0. The molecule has 4 rings (SSSR count). The molecule has 1 heterocycles. The summed E-state index contributed by atoms with van der Waals surface area (Å²) in [7, 11) is 6.05. The van der Waals surface area contributed by atoms with E-state index in [2.05, 4.69) is 9.13 Å². The highest BCUT2D eigenvalue weighted by Crippen LogP contribution is 2.40. The Hall–Kier alpha value is -4.73. The van der Waals surface area contributed by atoms with E-state index in [1.54, 1.807) is 0 Å². The van der Waals surface area contributed by atoms with Crippen molar-refractivity contribution in [2.45, 2.75) is 26.9 Å². The van der Waals surface area contributed by atoms with Crippen LogP contribution in [0.1, 0.15) is 25.0 Å². The van der Waals surface area contributed by atoms with Crippen LogP contribution >= 0.6 is 0 Å². The molecule has 0 aliphatic rings. The molecule has 0 spiro atoms. The number of imidazole rings is 1. The summed E-state index contributed by atoms with van der Waals surface area (Å²) >= 11 is 0. The minimum absolute atomic E-state index is 0.240. The van der Waals surface area contributed by atoms with Gasteiger partial charge in [0.15, 0.2) is 34.0 Å². The van der Waals surface area contributed by atoms with Crippen molar-refractivity contribution in [2.24, 2.45) is 0 Å².